The molecule has 0 fully saturated rings. The van der Waals surface area contributed by atoms with Crippen molar-refractivity contribution in [3.05, 3.63) is 83.6 Å². The van der Waals surface area contributed by atoms with Crippen molar-refractivity contribution in [2.75, 3.05) is 7.11 Å². The van der Waals surface area contributed by atoms with Gasteiger partial charge in [0.25, 0.3) is 0 Å². The lowest BCUT2D eigenvalue weighted by Crippen LogP contribution is -1.95. The Hall–Kier alpha value is -2.50. The van der Waals surface area contributed by atoms with Crippen molar-refractivity contribution in [2.24, 2.45) is 0 Å². The molecule has 20 heavy (non-hydrogen) atoms. The molecule has 0 unspecified atom stereocenters. The summed E-state index contributed by atoms with van der Waals surface area (Å²) in [6, 6.07) is 14.6. The minimum atomic E-state index is 0.813. The Kier molecular flexibility index (Phi) is 4.60. The largest absolute Gasteiger partial charge is 0.495 e. The minimum Gasteiger partial charge on any atom is -0.495 e. The molecule has 0 N–H and O–H groups in total. The first-order valence-electron chi connectivity index (χ1n) is 6.51. The highest BCUT2D eigenvalue weighted by Crippen LogP contribution is 2.28. The van der Waals surface area contributed by atoms with Crippen molar-refractivity contribution < 1.29 is 4.74 Å². The third-order valence-electron chi connectivity index (χ3n) is 3.14. The fourth-order valence-electron chi connectivity index (χ4n) is 2.28. The normalized spacial score (nSPS) is 9.65. The number of hydrogen-bond donors (Lipinski definition) is 0. The van der Waals surface area contributed by atoms with Crippen LogP contribution in [0.5, 0.6) is 5.75 Å². The van der Waals surface area contributed by atoms with E-state index in [-0.39, 0.29) is 0 Å². The van der Waals surface area contributed by atoms with E-state index < -0.39 is 0 Å². The van der Waals surface area contributed by atoms with Crippen LogP contribution in [-0.2, 0) is 6.42 Å². The standard InChI is InChI=1S/C19H18O/c1-4-9-18-14-16(12-15-10-7-6-8-11-15)13-17(5-2)19(18)20-3/h5-11,13-14H,1-2,12H2,3H3. The van der Waals surface area contributed by atoms with E-state index in [0.717, 1.165) is 23.3 Å². The molecule has 0 bridgehead atoms. The Labute approximate surface area is 120 Å². The van der Waals surface area contributed by atoms with Crippen molar-refractivity contribution in [3.63, 3.8) is 0 Å². The van der Waals surface area contributed by atoms with Crippen molar-refractivity contribution in [1.29, 1.82) is 0 Å². The molecule has 0 saturated heterocycles. The molecule has 0 aromatic heterocycles. The van der Waals surface area contributed by atoms with E-state index in [4.69, 9.17) is 4.74 Å². The molecule has 0 saturated carbocycles. The van der Waals surface area contributed by atoms with Gasteiger partial charge in [0.2, 0.25) is 0 Å². The van der Waals surface area contributed by atoms with Crippen LogP contribution in [0.1, 0.15) is 22.3 Å². The predicted molar refractivity (Wildman–Crippen MR) is 85.9 cm³/mol. The zero-order valence-electron chi connectivity index (χ0n) is 11.7. The Morgan fingerprint density at radius 3 is 2.40 bits per heavy atom. The van der Waals surface area contributed by atoms with Crippen molar-refractivity contribution in [2.45, 2.75) is 6.42 Å². The molecule has 0 aliphatic heterocycles. The molecule has 0 aliphatic carbocycles. The SMILES string of the molecule is C=C=Cc1cc(Cc2ccccc2)cc(C=C)c1OC. The lowest BCUT2D eigenvalue weighted by molar-refractivity contribution is 0.413. The van der Waals surface area contributed by atoms with Gasteiger partial charge in [-0.1, -0.05) is 49.6 Å². The van der Waals surface area contributed by atoms with Crippen LogP contribution in [0.15, 0.2) is 61.4 Å². The summed E-state index contributed by atoms with van der Waals surface area (Å²) in [5.74, 6) is 0.813. The van der Waals surface area contributed by atoms with Gasteiger partial charge in [0, 0.05) is 11.1 Å². The lowest BCUT2D eigenvalue weighted by atomic mass is 9.98. The predicted octanol–water partition coefficient (Wildman–Crippen LogP) is 4.73. The Bertz CT molecular complexity index is 647. The van der Waals surface area contributed by atoms with Gasteiger partial charge in [-0.2, -0.15) is 0 Å². The van der Waals surface area contributed by atoms with Crippen molar-refractivity contribution in [1.82, 2.24) is 0 Å². The smallest absolute Gasteiger partial charge is 0.133 e. The first-order chi connectivity index (χ1) is 9.78. The van der Waals surface area contributed by atoms with Gasteiger partial charge in [0.15, 0.2) is 0 Å². The molecule has 0 heterocycles. The van der Waals surface area contributed by atoms with Crippen molar-refractivity contribution in [3.8, 4) is 5.75 Å². The highest BCUT2D eigenvalue weighted by Gasteiger charge is 2.08. The topological polar surface area (TPSA) is 9.23 Å². The second-order valence-corrected chi connectivity index (χ2v) is 4.52. The van der Waals surface area contributed by atoms with E-state index in [1.807, 2.05) is 18.2 Å². The third-order valence-corrected chi connectivity index (χ3v) is 3.14. The van der Waals surface area contributed by atoms with Crippen LogP contribution >= 0.6 is 0 Å². The van der Waals surface area contributed by atoms with Crippen LogP contribution in [0.3, 0.4) is 0 Å². The average Bonchev–Trinajstić information content (AvgIpc) is 2.48. The molecule has 1 heteroatoms. The quantitative estimate of drug-likeness (QED) is 0.708. The van der Waals surface area contributed by atoms with E-state index in [0.29, 0.717) is 0 Å². The first-order valence-corrected chi connectivity index (χ1v) is 6.51. The van der Waals surface area contributed by atoms with Gasteiger partial charge < -0.3 is 4.74 Å². The molecule has 1 nitrogen and oxygen atoms in total. The van der Waals surface area contributed by atoms with Crippen LogP contribution < -0.4 is 4.74 Å². The molecule has 2 aromatic carbocycles. The van der Waals surface area contributed by atoms with Gasteiger partial charge in [-0.3, -0.25) is 0 Å². The van der Waals surface area contributed by atoms with Gasteiger partial charge in [0.1, 0.15) is 5.75 Å². The highest BCUT2D eigenvalue weighted by molar-refractivity contribution is 5.68. The summed E-state index contributed by atoms with van der Waals surface area (Å²) in [7, 11) is 1.67. The average molecular weight is 262 g/mol. The molecule has 0 aliphatic rings. The van der Waals surface area contributed by atoms with Crippen LogP contribution in [0.2, 0.25) is 0 Å². The zero-order valence-corrected chi connectivity index (χ0v) is 11.7. The summed E-state index contributed by atoms with van der Waals surface area (Å²) >= 11 is 0. The number of rotatable bonds is 5. The number of methoxy groups -OCH3 is 1. The number of ether oxygens (including phenoxy) is 1. The van der Waals surface area contributed by atoms with Gasteiger partial charge in [-0.15, -0.1) is 5.73 Å². The van der Waals surface area contributed by atoms with Gasteiger partial charge in [-0.05, 0) is 35.8 Å². The summed E-state index contributed by atoms with van der Waals surface area (Å²) in [6.45, 7) is 7.50. The number of benzene rings is 2. The second-order valence-electron chi connectivity index (χ2n) is 4.52. The van der Waals surface area contributed by atoms with Gasteiger partial charge in [0.05, 0.1) is 7.11 Å². The molecule has 100 valence electrons. The van der Waals surface area contributed by atoms with Crippen molar-refractivity contribution >= 4 is 12.2 Å². The van der Waals surface area contributed by atoms with E-state index in [1.54, 1.807) is 7.11 Å². The maximum Gasteiger partial charge on any atom is 0.133 e. The lowest BCUT2D eigenvalue weighted by Gasteiger charge is -2.12. The van der Waals surface area contributed by atoms with E-state index >= 15 is 0 Å². The molecule has 0 amide bonds. The Morgan fingerprint density at radius 2 is 1.80 bits per heavy atom. The summed E-state index contributed by atoms with van der Waals surface area (Å²) in [5.41, 5.74) is 7.27. The fourth-order valence-corrected chi connectivity index (χ4v) is 2.28. The van der Waals surface area contributed by atoms with E-state index in [9.17, 15) is 0 Å². The highest BCUT2D eigenvalue weighted by atomic mass is 16.5. The molecular weight excluding hydrogens is 244 g/mol. The van der Waals surface area contributed by atoms with Gasteiger partial charge in [-0.25, -0.2) is 0 Å². The molecule has 0 radical (unpaired) electrons. The summed E-state index contributed by atoms with van der Waals surface area (Å²) in [4.78, 5) is 0. The van der Waals surface area contributed by atoms with Crippen LogP contribution in [-0.4, -0.2) is 7.11 Å². The van der Waals surface area contributed by atoms with Gasteiger partial charge >= 0.3 is 0 Å². The summed E-state index contributed by atoms with van der Waals surface area (Å²) in [6.07, 6.45) is 4.53. The van der Waals surface area contributed by atoms with Crippen LogP contribution in [0, 0.1) is 0 Å². The Balaban J connectivity index is 2.46. The summed E-state index contributed by atoms with van der Waals surface area (Å²) < 4.78 is 5.45. The Morgan fingerprint density at radius 1 is 1.10 bits per heavy atom. The molecule has 2 rings (SSSR count). The minimum absolute atomic E-state index is 0.813. The van der Waals surface area contributed by atoms with E-state index in [2.05, 4.69) is 55.3 Å². The molecule has 0 atom stereocenters. The van der Waals surface area contributed by atoms with E-state index in [1.165, 1.54) is 11.1 Å². The van der Waals surface area contributed by atoms with Crippen LogP contribution in [0.4, 0.5) is 0 Å². The molecule has 2 aromatic rings. The third kappa shape index (κ3) is 3.09. The molecular formula is C19H18O. The molecule has 0 spiro atoms. The maximum atomic E-state index is 5.45. The van der Waals surface area contributed by atoms with Crippen LogP contribution in [0.25, 0.3) is 12.2 Å². The summed E-state index contributed by atoms with van der Waals surface area (Å²) in [5, 5.41) is 0. The first kappa shape index (κ1) is 13.9. The fraction of sp³-hybridized carbons (Fsp3) is 0.105. The maximum absolute atomic E-state index is 5.45. The number of hydrogen-bond acceptors (Lipinski definition) is 1. The zero-order chi connectivity index (χ0) is 14.4. The second kappa shape index (κ2) is 6.60. The monoisotopic (exact) mass is 262 g/mol.